The zero-order valence-electron chi connectivity index (χ0n) is 13.0. The number of nitrogens with two attached hydrogens (primary N) is 1. The van der Waals surface area contributed by atoms with Crippen molar-refractivity contribution in [2.45, 2.75) is 38.5 Å². The summed E-state index contributed by atoms with van der Waals surface area (Å²) in [6.07, 6.45) is 8.35. The quantitative estimate of drug-likeness (QED) is 0.827. The summed E-state index contributed by atoms with van der Waals surface area (Å²) in [5.74, 6) is 2.56. The molecule has 2 atom stereocenters. The maximum atomic E-state index is 5.94. The van der Waals surface area contributed by atoms with E-state index < -0.39 is 0 Å². The fraction of sp³-hybridized carbons (Fsp3) is 1.00. The van der Waals surface area contributed by atoms with E-state index >= 15 is 0 Å². The van der Waals surface area contributed by atoms with Crippen LogP contribution in [0.3, 0.4) is 0 Å². The Hall–Kier alpha value is -0.120. The molecule has 0 amide bonds. The van der Waals surface area contributed by atoms with Gasteiger partial charge in [0.05, 0.1) is 0 Å². The van der Waals surface area contributed by atoms with Crippen LogP contribution in [0.1, 0.15) is 38.5 Å². The van der Waals surface area contributed by atoms with Gasteiger partial charge in [-0.25, -0.2) is 0 Å². The van der Waals surface area contributed by atoms with Crippen molar-refractivity contribution in [3.05, 3.63) is 0 Å². The van der Waals surface area contributed by atoms with Crippen molar-refractivity contribution >= 4 is 0 Å². The molecule has 2 fully saturated rings. The van der Waals surface area contributed by atoms with Crippen LogP contribution in [0.25, 0.3) is 0 Å². The lowest BCUT2D eigenvalue weighted by molar-refractivity contribution is 0.135. The van der Waals surface area contributed by atoms with Gasteiger partial charge in [0.25, 0.3) is 0 Å². The second-order valence-corrected chi connectivity index (χ2v) is 7.01. The Morgan fingerprint density at radius 3 is 2.26 bits per heavy atom. The zero-order chi connectivity index (χ0) is 13.7. The van der Waals surface area contributed by atoms with Gasteiger partial charge in [0.15, 0.2) is 0 Å². The zero-order valence-corrected chi connectivity index (χ0v) is 13.0. The van der Waals surface area contributed by atoms with Crippen molar-refractivity contribution in [1.82, 2.24) is 9.80 Å². The molecule has 0 aromatic heterocycles. The highest BCUT2D eigenvalue weighted by Crippen LogP contribution is 2.30. The summed E-state index contributed by atoms with van der Waals surface area (Å²) in [5, 5.41) is 0. The van der Waals surface area contributed by atoms with Crippen LogP contribution < -0.4 is 5.73 Å². The van der Waals surface area contributed by atoms with Crippen LogP contribution in [0.15, 0.2) is 0 Å². The van der Waals surface area contributed by atoms with Crippen LogP contribution >= 0.6 is 0 Å². The van der Waals surface area contributed by atoms with Crippen molar-refractivity contribution in [3.63, 3.8) is 0 Å². The van der Waals surface area contributed by atoms with E-state index in [1.807, 2.05) is 0 Å². The smallest absolute Gasteiger partial charge is 0.000985 e. The summed E-state index contributed by atoms with van der Waals surface area (Å²) in [7, 11) is 4.56. The Kier molecular flexibility index (Phi) is 6.11. The van der Waals surface area contributed by atoms with Crippen LogP contribution in [0, 0.1) is 17.8 Å². The van der Waals surface area contributed by atoms with E-state index in [4.69, 9.17) is 5.73 Å². The molecule has 2 aliphatic rings. The molecule has 1 heterocycles. The SMILES string of the molecule is CN1CCC(CN(C)CC2CCCCC2CN)CC1. The summed E-state index contributed by atoms with van der Waals surface area (Å²) in [6, 6.07) is 0. The van der Waals surface area contributed by atoms with Crippen LogP contribution in [0.2, 0.25) is 0 Å². The van der Waals surface area contributed by atoms with Gasteiger partial charge in [0.2, 0.25) is 0 Å². The fourth-order valence-electron chi connectivity index (χ4n) is 4.00. The Labute approximate surface area is 119 Å². The van der Waals surface area contributed by atoms with Crippen molar-refractivity contribution in [3.8, 4) is 0 Å². The van der Waals surface area contributed by atoms with E-state index in [-0.39, 0.29) is 0 Å². The number of piperidine rings is 1. The average Bonchev–Trinajstić information content (AvgIpc) is 2.42. The van der Waals surface area contributed by atoms with Gasteiger partial charge < -0.3 is 15.5 Å². The molecule has 0 aromatic carbocycles. The first-order valence-electron chi connectivity index (χ1n) is 8.26. The molecule has 0 bridgehead atoms. The number of hydrogen-bond acceptors (Lipinski definition) is 3. The van der Waals surface area contributed by atoms with Gasteiger partial charge in [-0.1, -0.05) is 12.8 Å². The first-order chi connectivity index (χ1) is 9.19. The topological polar surface area (TPSA) is 32.5 Å². The highest BCUT2D eigenvalue weighted by atomic mass is 15.1. The Balaban J connectivity index is 1.72. The molecular formula is C16H33N3. The third-order valence-electron chi connectivity index (χ3n) is 5.32. The first kappa shape index (κ1) is 15.3. The van der Waals surface area contributed by atoms with Crippen molar-refractivity contribution in [1.29, 1.82) is 0 Å². The minimum absolute atomic E-state index is 0.786. The standard InChI is InChI=1S/C16H33N3/c1-18-9-7-14(8-10-18)12-19(2)13-16-6-4-3-5-15(16)11-17/h14-16H,3-13,17H2,1-2H3. The third kappa shape index (κ3) is 4.73. The summed E-state index contributed by atoms with van der Waals surface area (Å²) in [5.41, 5.74) is 5.94. The predicted octanol–water partition coefficient (Wildman–Crippen LogP) is 2.03. The van der Waals surface area contributed by atoms with Gasteiger partial charge in [0.1, 0.15) is 0 Å². The second-order valence-electron chi connectivity index (χ2n) is 7.01. The first-order valence-corrected chi connectivity index (χ1v) is 8.26. The van der Waals surface area contributed by atoms with E-state index in [0.29, 0.717) is 0 Å². The largest absolute Gasteiger partial charge is 0.330 e. The Bertz CT molecular complexity index is 248. The average molecular weight is 267 g/mol. The fourth-order valence-corrected chi connectivity index (χ4v) is 4.00. The molecular weight excluding hydrogens is 234 g/mol. The monoisotopic (exact) mass is 267 g/mol. The number of likely N-dealkylation sites (tertiary alicyclic amines) is 1. The Morgan fingerprint density at radius 1 is 1.00 bits per heavy atom. The van der Waals surface area contributed by atoms with Crippen LogP contribution in [-0.4, -0.2) is 56.6 Å². The molecule has 1 saturated heterocycles. The predicted molar refractivity (Wildman–Crippen MR) is 82.2 cm³/mol. The molecule has 0 radical (unpaired) electrons. The highest BCUT2D eigenvalue weighted by molar-refractivity contribution is 4.79. The van der Waals surface area contributed by atoms with Gasteiger partial charge in [-0.15, -0.1) is 0 Å². The van der Waals surface area contributed by atoms with Crippen molar-refractivity contribution < 1.29 is 0 Å². The van der Waals surface area contributed by atoms with Crippen molar-refractivity contribution in [2.75, 3.05) is 46.8 Å². The third-order valence-corrected chi connectivity index (χ3v) is 5.32. The highest BCUT2D eigenvalue weighted by Gasteiger charge is 2.26. The lowest BCUT2D eigenvalue weighted by atomic mass is 9.79. The molecule has 19 heavy (non-hydrogen) atoms. The van der Waals surface area contributed by atoms with Crippen LogP contribution in [0.4, 0.5) is 0 Å². The summed E-state index contributed by atoms with van der Waals surface area (Å²) >= 11 is 0. The normalized spacial score (nSPS) is 30.9. The van der Waals surface area contributed by atoms with E-state index in [9.17, 15) is 0 Å². The number of rotatable bonds is 5. The van der Waals surface area contributed by atoms with E-state index in [0.717, 1.165) is 24.3 Å². The maximum absolute atomic E-state index is 5.94. The van der Waals surface area contributed by atoms with Gasteiger partial charge in [-0.3, -0.25) is 0 Å². The van der Waals surface area contributed by atoms with Gasteiger partial charge in [-0.05, 0) is 77.2 Å². The lowest BCUT2D eigenvalue weighted by Crippen LogP contribution is -2.39. The Morgan fingerprint density at radius 2 is 1.63 bits per heavy atom. The molecule has 0 aromatic rings. The minimum Gasteiger partial charge on any atom is -0.330 e. The second kappa shape index (κ2) is 7.61. The van der Waals surface area contributed by atoms with E-state index in [1.54, 1.807) is 0 Å². The number of nitrogens with zero attached hydrogens (tertiary/aromatic N) is 2. The van der Waals surface area contributed by atoms with Gasteiger partial charge in [-0.2, -0.15) is 0 Å². The molecule has 1 aliphatic heterocycles. The molecule has 3 nitrogen and oxygen atoms in total. The van der Waals surface area contributed by atoms with Crippen LogP contribution in [-0.2, 0) is 0 Å². The number of hydrogen-bond donors (Lipinski definition) is 1. The molecule has 112 valence electrons. The molecule has 1 saturated carbocycles. The molecule has 2 unspecified atom stereocenters. The summed E-state index contributed by atoms with van der Waals surface area (Å²) in [4.78, 5) is 5.05. The van der Waals surface area contributed by atoms with Gasteiger partial charge >= 0.3 is 0 Å². The summed E-state index contributed by atoms with van der Waals surface area (Å²) in [6.45, 7) is 6.03. The molecule has 1 aliphatic carbocycles. The lowest BCUT2D eigenvalue weighted by Gasteiger charge is -2.36. The van der Waals surface area contributed by atoms with E-state index in [1.165, 1.54) is 64.7 Å². The van der Waals surface area contributed by atoms with E-state index in [2.05, 4.69) is 23.9 Å². The molecule has 2 rings (SSSR count). The minimum atomic E-state index is 0.786. The van der Waals surface area contributed by atoms with Crippen molar-refractivity contribution in [2.24, 2.45) is 23.5 Å². The van der Waals surface area contributed by atoms with Gasteiger partial charge in [0, 0.05) is 13.1 Å². The maximum Gasteiger partial charge on any atom is 0.000985 e. The molecule has 0 spiro atoms. The summed E-state index contributed by atoms with van der Waals surface area (Å²) < 4.78 is 0. The molecule has 2 N–H and O–H groups in total. The van der Waals surface area contributed by atoms with Crippen LogP contribution in [0.5, 0.6) is 0 Å². The molecule has 3 heteroatoms.